The highest BCUT2D eigenvalue weighted by molar-refractivity contribution is 14.0. The molecule has 0 saturated carbocycles. The highest BCUT2D eigenvalue weighted by atomic mass is 127. The molecule has 0 N–H and O–H groups in total. The summed E-state index contributed by atoms with van der Waals surface area (Å²) in [6.45, 7) is 2.28. The van der Waals surface area contributed by atoms with Gasteiger partial charge in [-0.1, -0.05) is 117 Å². The van der Waals surface area contributed by atoms with Crippen LogP contribution < -0.4 is 0 Å². The van der Waals surface area contributed by atoms with Gasteiger partial charge >= 0.3 is 0 Å². The van der Waals surface area contributed by atoms with E-state index in [2.05, 4.69) is 107 Å². The van der Waals surface area contributed by atoms with E-state index in [9.17, 15) is 0 Å². The van der Waals surface area contributed by atoms with Gasteiger partial charge < -0.3 is 0 Å². The molecule has 0 bridgehead atoms. The average molecular weight is 488 g/mol. The van der Waals surface area contributed by atoms with Crippen molar-refractivity contribution in [1.29, 1.82) is 0 Å². The SMILES string of the molecule is CCCCCC(c1ccccc1)C(P)(c1ccccc1)c1ccccc1.I. The summed E-state index contributed by atoms with van der Waals surface area (Å²) in [5.41, 5.74) is 4.15. The molecule has 0 aliphatic heterocycles. The Morgan fingerprint density at radius 2 is 1.15 bits per heavy atom. The van der Waals surface area contributed by atoms with Crippen molar-refractivity contribution in [2.75, 3.05) is 0 Å². The minimum absolute atomic E-state index is 0. The second-order valence-corrected chi connectivity index (χ2v) is 7.97. The second-order valence-electron chi connectivity index (χ2n) is 7.06. The number of rotatable bonds is 8. The maximum atomic E-state index is 3.24. The minimum Gasteiger partial charge on any atom is -0.121 e. The predicted octanol–water partition coefficient (Wildman–Crippen LogP) is 7.79. The normalized spacial score (nSPS) is 12.2. The van der Waals surface area contributed by atoms with Gasteiger partial charge in [0.05, 0.1) is 0 Å². The Morgan fingerprint density at radius 3 is 1.59 bits per heavy atom. The van der Waals surface area contributed by atoms with Crippen LogP contribution in [0.2, 0.25) is 0 Å². The lowest BCUT2D eigenvalue weighted by molar-refractivity contribution is 0.490. The number of benzene rings is 3. The lowest BCUT2D eigenvalue weighted by Crippen LogP contribution is -2.29. The summed E-state index contributed by atoms with van der Waals surface area (Å²) in [4.78, 5) is 0. The van der Waals surface area contributed by atoms with Crippen molar-refractivity contribution in [1.82, 2.24) is 0 Å². The van der Waals surface area contributed by atoms with Crippen molar-refractivity contribution in [2.45, 2.75) is 43.7 Å². The van der Waals surface area contributed by atoms with E-state index in [1.165, 1.54) is 42.4 Å². The molecule has 0 radical (unpaired) electrons. The lowest BCUT2D eigenvalue weighted by Gasteiger charge is -2.39. The van der Waals surface area contributed by atoms with Crippen LogP contribution in [0.3, 0.4) is 0 Å². The zero-order chi connectivity index (χ0) is 18.2. The van der Waals surface area contributed by atoms with Gasteiger partial charge in [-0.3, -0.25) is 0 Å². The molecule has 3 rings (SSSR count). The van der Waals surface area contributed by atoms with Crippen LogP contribution in [0, 0.1) is 0 Å². The predicted molar refractivity (Wildman–Crippen MR) is 132 cm³/mol. The van der Waals surface area contributed by atoms with Gasteiger partial charge in [0, 0.05) is 11.1 Å². The number of halogens is 1. The fourth-order valence-corrected chi connectivity index (χ4v) is 4.68. The van der Waals surface area contributed by atoms with Gasteiger partial charge in [-0.25, -0.2) is 0 Å². The molecule has 2 unspecified atom stereocenters. The molecule has 3 aromatic carbocycles. The van der Waals surface area contributed by atoms with E-state index in [1.54, 1.807) is 0 Å². The van der Waals surface area contributed by atoms with Gasteiger partial charge in [-0.2, -0.15) is 0 Å². The van der Waals surface area contributed by atoms with E-state index in [0.29, 0.717) is 5.92 Å². The highest BCUT2D eigenvalue weighted by Gasteiger charge is 2.38. The molecule has 0 aromatic heterocycles. The van der Waals surface area contributed by atoms with Crippen LogP contribution in [0.1, 0.15) is 55.2 Å². The first kappa shape index (κ1) is 22.1. The van der Waals surface area contributed by atoms with Crippen LogP contribution in [-0.2, 0) is 5.16 Å². The van der Waals surface area contributed by atoms with Crippen molar-refractivity contribution in [2.24, 2.45) is 0 Å². The summed E-state index contributed by atoms with van der Waals surface area (Å²) < 4.78 is 0. The molecule has 0 aliphatic rings. The topological polar surface area (TPSA) is 0 Å². The van der Waals surface area contributed by atoms with Crippen LogP contribution in [0.25, 0.3) is 0 Å². The molecule has 0 spiro atoms. The first-order chi connectivity index (χ1) is 12.8. The Morgan fingerprint density at radius 1 is 0.704 bits per heavy atom. The van der Waals surface area contributed by atoms with E-state index in [0.717, 1.165) is 0 Å². The minimum atomic E-state index is -0.127. The maximum Gasteiger partial charge on any atom is 0.0412 e. The zero-order valence-corrected chi connectivity index (χ0v) is 19.5. The fraction of sp³-hybridized carbons (Fsp3) is 0.280. The molecule has 0 saturated heterocycles. The molecule has 0 nitrogen and oxygen atoms in total. The molecule has 2 atom stereocenters. The van der Waals surface area contributed by atoms with Gasteiger partial charge in [0.25, 0.3) is 0 Å². The summed E-state index contributed by atoms with van der Waals surface area (Å²) in [6, 6.07) is 33.0. The lowest BCUT2D eigenvalue weighted by atomic mass is 9.74. The van der Waals surface area contributed by atoms with Crippen molar-refractivity contribution < 1.29 is 0 Å². The van der Waals surface area contributed by atoms with E-state index >= 15 is 0 Å². The van der Waals surface area contributed by atoms with Crippen LogP contribution in [0.5, 0.6) is 0 Å². The fourth-order valence-electron chi connectivity index (χ4n) is 3.94. The summed E-state index contributed by atoms with van der Waals surface area (Å²) >= 11 is 0. The molecule has 142 valence electrons. The molecular formula is C25H30IP. The van der Waals surface area contributed by atoms with E-state index in [4.69, 9.17) is 0 Å². The quantitative estimate of drug-likeness (QED) is 0.173. The van der Waals surface area contributed by atoms with Crippen molar-refractivity contribution in [3.8, 4) is 0 Å². The second kappa shape index (κ2) is 11.0. The van der Waals surface area contributed by atoms with Crippen molar-refractivity contribution in [3.05, 3.63) is 108 Å². The number of hydrogen-bond donors (Lipinski definition) is 0. The molecule has 2 heteroatoms. The summed E-state index contributed by atoms with van der Waals surface area (Å²) in [5.74, 6) is 0.421. The van der Waals surface area contributed by atoms with Crippen LogP contribution in [0.15, 0.2) is 91.0 Å². The first-order valence-corrected chi connectivity index (χ1v) is 10.3. The summed E-state index contributed by atoms with van der Waals surface area (Å²) in [5, 5.41) is -0.127. The molecule has 27 heavy (non-hydrogen) atoms. The summed E-state index contributed by atoms with van der Waals surface area (Å²) in [7, 11) is 3.24. The Balaban J connectivity index is 0.00000261. The van der Waals surface area contributed by atoms with Crippen LogP contribution in [0.4, 0.5) is 0 Å². The van der Waals surface area contributed by atoms with Gasteiger partial charge in [0.1, 0.15) is 0 Å². The molecule has 0 amide bonds. The van der Waals surface area contributed by atoms with Gasteiger partial charge in [-0.15, -0.1) is 33.2 Å². The van der Waals surface area contributed by atoms with Gasteiger partial charge in [0.2, 0.25) is 0 Å². The summed E-state index contributed by atoms with van der Waals surface area (Å²) in [6.07, 6.45) is 4.98. The van der Waals surface area contributed by atoms with Crippen LogP contribution in [-0.4, -0.2) is 0 Å². The largest absolute Gasteiger partial charge is 0.121 e. The molecule has 0 heterocycles. The molecule has 0 fully saturated rings. The zero-order valence-electron chi connectivity index (χ0n) is 16.1. The van der Waals surface area contributed by atoms with E-state index < -0.39 is 0 Å². The third-order valence-corrected chi connectivity index (χ3v) is 6.42. The van der Waals surface area contributed by atoms with E-state index in [-0.39, 0.29) is 29.1 Å². The van der Waals surface area contributed by atoms with Gasteiger partial charge in [-0.05, 0) is 23.1 Å². The Bertz CT molecular complexity index is 732. The third kappa shape index (κ3) is 5.21. The molecule has 3 aromatic rings. The van der Waals surface area contributed by atoms with Gasteiger partial charge in [0.15, 0.2) is 0 Å². The van der Waals surface area contributed by atoms with Crippen molar-refractivity contribution >= 4 is 33.2 Å². The molecule has 0 aliphatic carbocycles. The monoisotopic (exact) mass is 488 g/mol. The van der Waals surface area contributed by atoms with Crippen molar-refractivity contribution in [3.63, 3.8) is 0 Å². The third-order valence-electron chi connectivity index (χ3n) is 5.35. The highest BCUT2D eigenvalue weighted by Crippen LogP contribution is 2.51. The van der Waals surface area contributed by atoms with E-state index in [1.807, 2.05) is 0 Å². The Kier molecular flexibility index (Phi) is 8.99. The average Bonchev–Trinajstić information content (AvgIpc) is 2.73. The molecular weight excluding hydrogens is 458 g/mol. The Labute approximate surface area is 184 Å². The Hall–Kier alpha value is -1.18. The number of hydrogen-bond acceptors (Lipinski definition) is 0. The standard InChI is InChI=1S/C25H29P.HI/c1-2-3-7-20-24(21-14-8-4-9-15-21)25(26,22-16-10-5-11-17-22)23-18-12-6-13-19-23;/h4-6,8-19,24H,2-3,7,20,26H2,1H3;1H. The maximum absolute atomic E-state index is 3.24. The van der Waals surface area contributed by atoms with Crippen LogP contribution >= 0.6 is 33.2 Å². The first-order valence-electron chi connectivity index (χ1n) is 9.71. The number of unbranched alkanes of at least 4 members (excludes halogenated alkanes) is 2. The smallest absolute Gasteiger partial charge is 0.0412 e.